The molecule has 2 aromatic carbocycles. The van der Waals surface area contributed by atoms with Crippen molar-refractivity contribution in [3.8, 4) is 0 Å². The van der Waals surface area contributed by atoms with Crippen LogP contribution in [-0.4, -0.2) is 22.6 Å². The van der Waals surface area contributed by atoms with Crippen LogP contribution in [0.3, 0.4) is 0 Å². The third-order valence-electron chi connectivity index (χ3n) is 3.14. The number of anilines is 1. The highest BCUT2D eigenvalue weighted by atomic mass is 32.2. The molecule has 23 heavy (non-hydrogen) atoms. The number of carbonyl (C=O) groups excluding carboxylic acids is 1. The van der Waals surface area contributed by atoms with E-state index in [2.05, 4.69) is 12.2 Å². The molecule has 2 aromatic rings. The number of hydrogen-bond acceptors (Lipinski definition) is 5. The fraction of sp³-hybridized carbons (Fsp3) is 0.188. The lowest BCUT2D eigenvalue weighted by Gasteiger charge is -2.15. The maximum Gasteiger partial charge on any atom is 0.270 e. The molecule has 0 bridgehead atoms. The number of nitrogens with zero attached hydrogens (tertiary/aromatic N) is 1. The molecule has 0 aromatic heterocycles. The molecule has 0 spiro atoms. The lowest BCUT2D eigenvalue weighted by Crippen LogP contribution is -2.18. The van der Waals surface area contributed by atoms with Crippen molar-refractivity contribution in [2.45, 2.75) is 17.1 Å². The van der Waals surface area contributed by atoms with Crippen LogP contribution in [0.25, 0.3) is 0 Å². The maximum atomic E-state index is 11.5. The molecule has 7 heteroatoms. The van der Waals surface area contributed by atoms with Crippen LogP contribution < -0.4 is 11.1 Å². The average Bonchev–Trinajstić information content (AvgIpc) is 2.53. The van der Waals surface area contributed by atoms with E-state index in [0.29, 0.717) is 12.2 Å². The van der Waals surface area contributed by atoms with Crippen molar-refractivity contribution in [2.24, 2.45) is 5.73 Å². The van der Waals surface area contributed by atoms with Crippen LogP contribution in [0.4, 0.5) is 11.4 Å². The van der Waals surface area contributed by atoms with Gasteiger partial charge < -0.3 is 11.1 Å². The van der Waals surface area contributed by atoms with E-state index >= 15 is 0 Å². The highest BCUT2D eigenvalue weighted by Crippen LogP contribution is 2.25. The van der Waals surface area contributed by atoms with Gasteiger partial charge in [-0.05, 0) is 18.2 Å². The molecule has 120 valence electrons. The molecular formula is C16H17N3O3S. The number of nitro groups is 1. The fourth-order valence-corrected chi connectivity index (χ4v) is 2.98. The van der Waals surface area contributed by atoms with Gasteiger partial charge in [0.05, 0.1) is 10.5 Å². The number of non-ortho nitro benzene ring substituents is 1. The van der Waals surface area contributed by atoms with Gasteiger partial charge in [-0.1, -0.05) is 25.1 Å². The first kappa shape index (κ1) is 16.8. The van der Waals surface area contributed by atoms with Crippen LogP contribution in [0.1, 0.15) is 17.3 Å². The van der Waals surface area contributed by atoms with E-state index in [0.717, 1.165) is 4.90 Å². The molecule has 6 nitrogen and oxygen atoms in total. The number of carbonyl (C=O) groups is 1. The van der Waals surface area contributed by atoms with Crippen molar-refractivity contribution in [3.63, 3.8) is 0 Å². The number of hydrogen-bond donors (Lipinski definition) is 2. The van der Waals surface area contributed by atoms with Gasteiger partial charge in [-0.3, -0.25) is 14.9 Å². The number of nitrogens with two attached hydrogens (primary N) is 1. The Kier molecular flexibility index (Phi) is 5.59. The largest absolute Gasteiger partial charge is 0.383 e. The predicted molar refractivity (Wildman–Crippen MR) is 91.9 cm³/mol. The van der Waals surface area contributed by atoms with Crippen molar-refractivity contribution in [2.75, 3.05) is 11.9 Å². The Morgan fingerprint density at radius 3 is 2.61 bits per heavy atom. The number of benzene rings is 2. The smallest absolute Gasteiger partial charge is 0.270 e. The monoisotopic (exact) mass is 331 g/mol. The number of thioether (sulfide) groups is 1. The van der Waals surface area contributed by atoms with Crippen LogP contribution in [0.15, 0.2) is 53.4 Å². The van der Waals surface area contributed by atoms with Crippen molar-refractivity contribution in [1.29, 1.82) is 0 Å². The molecule has 3 N–H and O–H groups in total. The third kappa shape index (κ3) is 4.72. The van der Waals surface area contributed by atoms with Gasteiger partial charge in [-0.25, -0.2) is 0 Å². The Morgan fingerprint density at radius 1 is 1.30 bits per heavy atom. The second kappa shape index (κ2) is 7.64. The van der Waals surface area contributed by atoms with Crippen molar-refractivity contribution in [3.05, 3.63) is 64.2 Å². The van der Waals surface area contributed by atoms with Gasteiger partial charge in [0.15, 0.2) is 0 Å². The lowest BCUT2D eigenvalue weighted by molar-refractivity contribution is -0.384. The Hall–Kier alpha value is -2.54. The summed E-state index contributed by atoms with van der Waals surface area (Å²) in [5.74, 6) is -0.695. The number of rotatable bonds is 7. The standard InChI is InChI=1S/C16H17N3O3S/c1-11(23-13-5-3-2-4-6-13)10-18-15-8-7-12(19(21)22)9-14(15)16(17)20/h2-9,11,18H,10H2,1H3,(H2,17,20). The summed E-state index contributed by atoms with van der Waals surface area (Å²) in [6.07, 6.45) is 0. The molecule has 0 saturated carbocycles. The summed E-state index contributed by atoms with van der Waals surface area (Å²) in [6, 6.07) is 14.0. The van der Waals surface area contributed by atoms with Crippen molar-refractivity contribution >= 4 is 29.0 Å². The van der Waals surface area contributed by atoms with Gasteiger partial charge in [0.1, 0.15) is 0 Å². The number of nitro benzene ring substituents is 1. The van der Waals surface area contributed by atoms with E-state index in [1.165, 1.54) is 18.2 Å². The summed E-state index contributed by atoms with van der Waals surface area (Å²) in [5.41, 5.74) is 5.78. The summed E-state index contributed by atoms with van der Waals surface area (Å²) in [7, 11) is 0. The summed E-state index contributed by atoms with van der Waals surface area (Å²) < 4.78 is 0. The summed E-state index contributed by atoms with van der Waals surface area (Å²) in [5, 5.41) is 14.2. The summed E-state index contributed by atoms with van der Waals surface area (Å²) in [4.78, 5) is 22.9. The molecule has 0 radical (unpaired) electrons. The Labute approximate surface area is 138 Å². The lowest BCUT2D eigenvalue weighted by atomic mass is 10.1. The molecule has 0 heterocycles. The zero-order valence-electron chi connectivity index (χ0n) is 12.6. The summed E-state index contributed by atoms with van der Waals surface area (Å²) in [6.45, 7) is 2.65. The normalized spacial score (nSPS) is 11.7. The second-order valence-corrected chi connectivity index (χ2v) is 6.49. The zero-order chi connectivity index (χ0) is 16.8. The van der Waals surface area contributed by atoms with Gasteiger partial charge in [-0.2, -0.15) is 0 Å². The molecule has 0 fully saturated rings. The van der Waals surface area contributed by atoms with Gasteiger partial charge in [-0.15, -0.1) is 11.8 Å². The zero-order valence-corrected chi connectivity index (χ0v) is 13.4. The predicted octanol–water partition coefficient (Wildman–Crippen LogP) is 3.29. The van der Waals surface area contributed by atoms with Crippen LogP contribution in [0, 0.1) is 10.1 Å². The number of amides is 1. The molecule has 0 aliphatic rings. The van der Waals surface area contributed by atoms with Gasteiger partial charge in [0, 0.05) is 34.5 Å². The number of nitrogens with one attached hydrogen (secondary N) is 1. The van der Waals surface area contributed by atoms with Crippen molar-refractivity contribution < 1.29 is 9.72 Å². The maximum absolute atomic E-state index is 11.5. The topological polar surface area (TPSA) is 98.3 Å². The SMILES string of the molecule is CC(CNc1ccc([N+](=O)[O-])cc1C(N)=O)Sc1ccccc1. The van der Waals surface area contributed by atoms with Crippen molar-refractivity contribution in [1.82, 2.24) is 0 Å². The molecular weight excluding hydrogens is 314 g/mol. The molecule has 0 saturated heterocycles. The highest BCUT2D eigenvalue weighted by molar-refractivity contribution is 8.00. The second-order valence-electron chi connectivity index (χ2n) is 4.97. The van der Waals surface area contributed by atoms with Crippen LogP contribution in [-0.2, 0) is 0 Å². The quantitative estimate of drug-likeness (QED) is 0.461. The van der Waals surface area contributed by atoms with Gasteiger partial charge in [0.25, 0.3) is 11.6 Å². The van der Waals surface area contributed by atoms with E-state index in [1.54, 1.807) is 11.8 Å². The van der Waals surface area contributed by atoms with Gasteiger partial charge >= 0.3 is 0 Å². The summed E-state index contributed by atoms with van der Waals surface area (Å²) >= 11 is 1.70. The third-order valence-corrected chi connectivity index (χ3v) is 4.25. The molecule has 0 aliphatic heterocycles. The molecule has 1 amide bonds. The minimum atomic E-state index is -0.695. The Balaban J connectivity index is 2.05. The van der Waals surface area contributed by atoms with E-state index in [4.69, 9.17) is 5.73 Å². The fourth-order valence-electron chi connectivity index (χ4n) is 2.03. The minimum Gasteiger partial charge on any atom is -0.383 e. The first-order chi connectivity index (χ1) is 11.0. The van der Waals surface area contributed by atoms with E-state index in [-0.39, 0.29) is 16.5 Å². The first-order valence-corrected chi connectivity index (χ1v) is 7.89. The highest BCUT2D eigenvalue weighted by Gasteiger charge is 2.15. The molecule has 0 aliphatic carbocycles. The van der Waals surface area contributed by atoms with E-state index in [9.17, 15) is 14.9 Å². The van der Waals surface area contributed by atoms with Crippen LogP contribution in [0.5, 0.6) is 0 Å². The molecule has 1 unspecified atom stereocenters. The van der Waals surface area contributed by atoms with Crippen LogP contribution >= 0.6 is 11.8 Å². The Bertz CT molecular complexity index is 707. The molecule has 2 rings (SSSR count). The van der Waals surface area contributed by atoms with E-state index in [1.807, 2.05) is 30.3 Å². The van der Waals surface area contributed by atoms with Gasteiger partial charge in [0.2, 0.25) is 0 Å². The average molecular weight is 331 g/mol. The first-order valence-electron chi connectivity index (χ1n) is 7.01. The molecule has 1 atom stereocenters. The van der Waals surface area contributed by atoms with Crippen LogP contribution in [0.2, 0.25) is 0 Å². The minimum absolute atomic E-state index is 0.121. The van der Waals surface area contributed by atoms with E-state index < -0.39 is 10.8 Å². The Morgan fingerprint density at radius 2 is 2.00 bits per heavy atom. The number of primary amides is 1.